The van der Waals surface area contributed by atoms with Crippen LogP contribution in [0.2, 0.25) is 0 Å². The number of carbonyl (C=O) groups is 2. The predicted octanol–water partition coefficient (Wildman–Crippen LogP) is 2.22. The van der Waals surface area contributed by atoms with E-state index in [-0.39, 0.29) is 18.0 Å². The molecular formula is C25H29N5O3. The maximum atomic E-state index is 13.0. The van der Waals surface area contributed by atoms with E-state index in [0.717, 1.165) is 30.8 Å². The lowest BCUT2D eigenvalue weighted by atomic mass is 9.97. The highest BCUT2D eigenvalue weighted by Crippen LogP contribution is 2.19. The summed E-state index contributed by atoms with van der Waals surface area (Å²) in [7, 11) is 0. The molecule has 1 fully saturated rings. The molecule has 3 heterocycles. The van der Waals surface area contributed by atoms with Gasteiger partial charge in [0.2, 0.25) is 5.91 Å². The van der Waals surface area contributed by atoms with Crippen molar-refractivity contribution in [3.05, 3.63) is 88.4 Å². The van der Waals surface area contributed by atoms with Gasteiger partial charge >= 0.3 is 0 Å². The molecule has 0 spiro atoms. The van der Waals surface area contributed by atoms with Crippen LogP contribution in [-0.4, -0.2) is 43.9 Å². The van der Waals surface area contributed by atoms with E-state index < -0.39 is 11.5 Å². The molecule has 0 bridgehead atoms. The number of piperidine rings is 1. The Morgan fingerprint density at radius 2 is 1.91 bits per heavy atom. The number of carbonyl (C=O) groups excluding carboxylic acids is 2. The quantitative estimate of drug-likeness (QED) is 0.602. The Kier molecular flexibility index (Phi) is 7.02. The first-order valence-corrected chi connectivity index (χ1v) is 11.3. The molecule has 1 aromatic carbocycles. The monoisotopic (exact) mass is 447 g/mol. The third-order valence-corrected chi connectivity index (χ3v) is 6.12. The van der Waals surface area contributed by atoms with Gasteiger partial charge in [-0.3, -0.25) is 14.4 Å². The van der Waals surface area contributed by atoms with Gasteiger partial charge in [-0.1, -0.05) is 30.3 Å². The van der Waals surface area contributed by atoms with Crippen molar-refractivity contribution in [2.24, 2.45) is 5.92 Å². The Morgan fingerprint density at radius 1 is 1.09 bits per heavy atom. The van der Waals surface area contributed by atoms with Gasteiger partial charge in [-0.05, 0) is 43.4 Å². The SMILES string of the molecule is Cc1nccn1CC1CCCN(C(=O)Cn2cccc(C(=O)NCc3ccccc3)c2=O)C1. The van der Waals surface area contributed by atoms with Crippen LogP contribution >= 0.6 is 0 Å². The minimum absolute atomic E-state index is 0.0355. The Bertz CT molecular complexity index is 1170. The van der Waals surface area contributed by atoms with Crippen molar-refractivity contribution in [3.63, 3.8) is 0 Å². The summed E-state index contributed by atoms with van der Waals surface area (Å²) in [6.07, 6.45) is 7.30. The van der Waals surface area contributed by atoms with E-state index in [0.29, 0.717) is 25.6 Å². The molecule has 0 radical (unpaired) electrons. The largest absolute Gasteiger partial charge is 0.348 e. The molecule has 3 aromatic rings. The smallest absolute Gasteiger partial charge is 0.263 e. The van der Waals surface area contributed by atoms with Crippen LogP contribution in [0.3, 0.4) is 0 Å². The number of likely N-dealkylation sites (tertiary alicyclic amines) is 1. The van der Waals surface area contributed by atoms with Gasteiger partial charge in [0.25, 0.3) is 11.5 Å². The second kappa shape index (κ2) is 10.3. The Labute approximate surface area is 192 Å². The number of nitrogens with one attached hydrogen (secondary N) is 1. The van der Waals surface area contributed by atoms with Crippen LogP contribution in [0.4, 0.5) is 0 Å². The number of aromatic nitrogens is 3. The second-order valence-electron chi connectivity index (χ2n) is 8.50. The summed E-state index contributed by atoms with van der Waals surface area (Å²) in [6, 6.07) is 12.6. The lowest BCUT2D eigenvalue weighted by Crippen LogP contribution is -2.44. The van der Waals surface area contributed by atoms with E-state index in [1.807, 2.05) is 48.4 Å². The fourth-order valence-corrected chi connectivity index (χ4v) is 4.27. The number of hydrogen-bond acceptors (Lipinski definition) is 4. The third kappa shape index (κ3) is 5.58. The van der Waals surface area contributed by atoms with Gasteiger partial charge in [-0.2, -0.15) is 0 Å². The zero-order valence-electron chi connectivity index (χ0n) is 18.8. The zero-order valence-corrected chi connectivity index (χ0v) is 18.8. The molecule has 1 aliphatic rings. The summed E-state index contributed by atoms with van der Waals surface area (Å²) >= 11 is 0. The lowest BCUT2D eigenvalue weighted by Gasteiger charge is -2.33. The van der Waals surface area contributed by atoms with Crippen molar-refractivity contribution in [2.75, 3.05) is 13.1 Å². The highest BCUT2D eigenvalue weighted by molar-refractivity contribution is 5.93. The fraction of sp³-hybridized carbons (Fsp3) is 0.360. The number of nitrogens with zero attached hydrogens (tertiary/aromatic N) is 4. The summed E-state index contributed by atoms with van der Waals surface area (Å²) in [6.45, 7) is 4.40. The van der Waals surface area contributed by atoms with E-state index in [9.17, 15) is 14.4 Å². The molecule has 1 saturated heterocycles. The molecule has 1 atom stereocenters. The molecule has 4 rings (SSSR count). The Morgan fingerprint density at radius 3 is 2.67 bits per heavy atom. The van der Waals surface area contributed by atoms with Crippen LogP contribution in [0.1, 0.15) is 34.6 Å². The van der Waals surface area contributed by atoms with Crippen molar-refractivity contribution in [1.82, 2.24) is 24.3 Å². The minimum atomic E-state index is -0.459. The first-order chi connectivity index (χ1) is 16.0. The highest BCUT2D eigenvalue weighted by Gasteiger charge is 2.25. The molecular weight excluding hydrogens is 418 g/mol. The molecule has 8 heteroatoms. The summed E-state index contributed by atoms with van der Waals surface area (Å²) in [5.41, 5.74) is 0.523. The summed E-state index contributed by atoms with van der Waals surface area (Å²) < 4.78 is 3.43. The number of benzene rings is 1. The third-order valence-electron chi connectivity index (χ3n) is 6.12. The summed E-state index contributed by atoms with van der Waals surface area (Å²) in [5.74, 6) is 0.764. The van der Waals surface area contributed by atoms with Gasteiger partial charge in [0.15, 0.2) is 0 Å². The minimum Gasteiger partial charge on any atom is -0.348 e. The van der Waals surface area contributed by atoms with E-state index in [4.69, 9.17) is 0 Å². The molecule has 172 valence electrons. The van der Waals surface area contributed by atoms with E-state index in [1.54, 1.807) is 18.5 Å². The highest BCUT2D eigenvalue weighted by atomic mass is 16.2. The number of rotatable bonds is 7. The molecule has 8 nitrogen and oxygen atoms in total. The lowest BCUT2D eigenvalue weighted by molar-refractivity contribution is -0.133. The van der Waals surface area contributed by atoms with Crippen LogP contribution in [-0.2, 0) is 24.4 Å². The van der Waals surface area contributed by atoms with E-state index in [2.05, 4.69) is 14.9 Å². The predicted molar refractivity (Wildman–Crippen MR) is 125 cm³/mol. The normalized spacial score (nSPS) is 15.9. The Balaban J connectivity index is 1.38. The van der Waals surface area contributed by atoms with Gasteiger partial charge in [0, 0.05) is 44.8 Å². The summed E-state index contributed by atoms with van der Waals surface area (Å²) in [5, 5.41) is 2.78. The first-order valence-electron chi connectivity index (χ1n) is 11.3. The summed E-state index contributed by atoms with van der Waals surface area (Å²) in [4.78, 5) is 44.5. The molecule has 2 aromatic heterocycles. The van der Waals surface area contributed by atoms with Crippen LogP contribution in [0.25, 0.3) is 0 Å². The molecule has 2 amide bonds. The average Bonchev–Trinajstić information content (AvgIpc) is 3.23. The molecule has 1 N–H and O–H groups in total. The van der Waals surface area contributed by atoms with Crippen LogP contribution in [0, 0.1) is 12.8 Å². The topological polar surface area (TPSA) is 89.2 Å². The molecule has 1 aliphatic heterocycles. The van der Waals surface area contributed by atoms with Crippen LogP contribution in [0.15, 0.2) is 65.8 Å². The number of pyridine rings is 1. The zero-order chi connectivity index (χ0) is 23.2. The number of hydrogen-bond donors (Lipinski definition) is 1. The van der Waals surface area contributed by atoms with Crippen LogP contribution in [0.5, 0.6) is 0 Å². The molecule has 33 heavy (non-hydrogen) atoms. The second-order valence-corrected chi connectivity index (χ2v) is 8.50. The molecule has 0 saturated carbocycles. The Hall–Kier alpha value is -3.68. The number of aryl methyl sites for hydroxylation is 1. The van der Waals surface area contributed by atoms with Gasteiger partial charge in [0.1, 0.15) is 17.9 Å². The first kappa shape index (κ1) is 22.5. The maximum absolute atomic E-state index is 13.0. The fourth-order valence-electron chi connectivity index (χ4n) is 4.27. The van der Waals surface area contributed by atoms with Crippen molar-refractivity contribution in [3.8, 4) is 0 Å². The number of amides is 2. The molecule has 1 unspecified atom stereocenters. The van der Waals surface area contributed by atoms with Gasteiger partial charge in [0.05, 0.1) is 0 Å². The van der Waals surface area contributed by atoms with Crippen molar-refractivity contribution in [2.45, 2.75) is 39.4 Å². The van der Waals surface area contributed by atoms with Gasteiger partial charge < -0.3 is 19.4 Å². The van der Waals surface area contributed by atoms with E-state index in [1.165, 1.54) is 10.6 Å². The van der Waals surface area contributed by atoms with Crippen LogP contribution < -0.4 is 10.9 Å². The van der Waals surface area contributed by atoms with Crippen molar-refractivity contribution < 1.29 is 9.59 Å². The van der Waals surface area contributed by atoms with Gasteiger partial charge in [-0.25, -0.2) is 4.98 Å². The molecule has 0 aliphatic carbocycles. The standard InChI is InChI=1S/C25H29N5O3/c1-19-26-11-14-28(19)16-21-9-5-12-29(17-21)23(31)18-30-13-6-10-22(25(30)33)24(32)27-15-20-7-3-2-4-8-20/h2-4,6-8,10-11,13-14,21H,5,9,12,15-18H2,1H3,(H,27,32). The number of imidazole rings is 1. The van der Waals surface area contributed by atoms with E-state index >= 15 is 0 Å². The van der Waals surface area contributed by atoms with Gasteiger partial charge in [-0.15, -0.1) is 0 Å². The van der Waals surface area contributed by atoms with Crippen molar-refractivity contribution in [1.29, 1.82) is 0 Å². The van der Waals surface area contributed by atoms with Crippen molar-refractivity contribution >= 4 is 11.8 Å². The maximum Gasteiger partial charge on any atom is 0.263 e. The average molecular weight is 448 g/mol.